The van der Waals surface area contributed by atoms with E-state index < -0.39 is 0 Å². The van der Waals surface area contributed by atoms with E-state index in [0.29, 0.717) is 6.42 Å². The van der Waals surface area contributed by atoms with E-state index in [1.807, 2.05) is 7.05 Å². The maximum absolute atomic E-state index is 5.60. The van der Waals surface area contributed by atoms with Gasteiger partial charge < -0.3 is 0 Å². The molecule has 1 aromatic heterocycles. The van der Waals surface area contributed by atoms with Crippen LogP contribution in [0.3, 0.4) is 0 Å². The molecule has 6 heteroatoms. The number of nitrogens with two attached hydrogens (primary N) is 1. The lowest BCUT2D eigenvalue weighted by molar-refractivity contribution is 0.523. The molecular weight excluding hydrogens is 329 g/mol. The third-order valence-corrected chi connectivity index (χ3v) is 3.38. The van der Waals surface area contributed by atoms with Gasteiger partial charge in [0.1, 0.15) is 12.2 Å². The second-order valence-corrected chi connectivity index (χ2v) is 5.02. The summed E-state index contributed by atoms with van der Waals surface area (Å²) in [6, 6.07) is 8.33. The molecule has 0 amide bonds. The fourth-order valence-electron chi connectivity index (χ4n) is 1.66. The molecule has 1 unspecified atom stereocenters. The van der Waals surface area contributed by atoms with Crippen LogP contribution in [-0.2, 0) is 13.5 Å². The molecule has 0 spiro atoms. The van der Waals surface area contributed by atoms with Crippen molar-refractivity contribution in [2.45, 2.75) is 12.5 Å². The van der Waals surface area contributed by atoms with Crippen LogP contribution in [0.4, 0.5) is 0 Å². The van der Waals surface area contributed by atoms with Crippen molar-refractivity contribution in [2.24, 2.45) is 12.9 Å². The maximum Gasteiger partial charge on any atom is 0.138 e. The number of rotatable bonds is 4. The van der Waals surface area contributed by atoms with Crippen LogP contribution in [0.1, 0.15) is 17.4 Å². The molecule has 1 heterocycles. The standard InChI is InChI=1S/C11H14IN5/c1-17-11(14-7-15-17)6-10(16-13)8-2-4-9(12)5-3-8/h2-5,7,10,16H,6,13H2,1H3. The Morgan fingerprint density at radius 2 is 2.12 bits per heavy atom. The quantitative estimate of drug-likeness (QED) is 0.497. The van der Waals surface area contributed by atoms with Crippen LogP contribution in [0.2, 0.25) is 0 Å². The van der Waals surface area contributed by atoms with Crippen LogP contribution in [0.25, 0.3) is 0 Å². The summed E-state index contributed by atoms with van der Waals surface area (Å²) in [7, 11) is 1.88. The lowest BCUT2D eigenvalue weighted by Crippen LogP contribution is -2.30. The molecule has 1 aromatic carbocycles. The lowest BCUT2D eigenvalue weighted by atomic mass is 10.0. The minimum absolute atomic E-state index is 0.0508. The summed E-state index contributed by atoms with van der Waals surface area (Å²) in [4.78, 5) is 4.20. The summed E-state index contributed by atoms with van der Waals surface area (Å²) in [6.07, 6.45) is 2.27. The number of aryl methyl sites for hydroxylation is 1. The van der Waals surface area contributed by atoms with Gasteiger partial charge in [-0.25, -0.2) is 4.98 Å². The number of benzene rings is 1. The maximum atomic E-state index is 5.60. The van der Waals surface area contributed by atoms with Crippen LogP contribution in [0.15, 0.2) is 30.6 Å². The fraction of sp³-hybridized carbons (Fsp3) is 0.273. The predicted octanol–water partition coefficient (Wildman–Crippen LogP) is 1.17. The Bertz CT molecular complexity index is 479. The number of halogens is 1. The molecule has 2 aromatic rings. The van der Waals surface area contributed by atoms with Crippen LogP contribution < -0.4 is 11.3 Å². The lowest BCUT2D eigenvalue weighted by Gasteiger charge is -2.15. The first kappa shape index (κ1) is 12.5. The molecule has 0 saturated heterocycles. The van der Waals surface area contributed by atoms with Gasteiger partial charge >= 0.3 is 0 Å². The van der Waals surface area contributed by atoms with Crippen molar-refractivity contribution in [1.82, 2.24) is 20.2 Å². The Hall–Kier alpha value is -0.990. The van der Waals surface area contributed by atoms with E-state index in [9.17, 15) is 0 Å². The molecule has 0 aliphatic carbocycles. The predicted molar refractivity (Wildman–Crippen MR) is 73.9 cm³/mol. The van der Waals surface area contributed by atoms with Crippen LogP contribution >= 0.6 is 22.6 Å². The van der Waals surface area contributed by atoms with Crippen LogP contribution in [0, 0.1) is 3.57 Å². The third kappa shape index (κ3) is 3.02. The first-order chi connectivity index (χ1) is 8.20. The molecule has 17 heavy (non-hydrogen) atoms. The van der Waals surface area contributed by atoms with E-state index in [1.54, 1.807) is 11.0 Å². The average molecular weight is 343 g/mol. The third-order valence-electron chi connectivity index (χ3n) is 2.67. The molecule has 0 radical (unpaired) electrons. The second kappa shape index (κ2) is 5.56. The highest BCUT2D eigenvalue weighted by Gasteiger charge is 2.13. The van der Waals surface area contributed by atoms with E-state index in [-0.39, 0.29) is 6.04 Å². The highest BCUT2D eigenvalue weighted by atomic mass is 127. The van der Waals surface area contributed by atoms with Crippen molar-refractivity contribution in [1.29, 1.82) is 0 Å². The van der Waals surface area contributed by atoms with E-state index in [1.165, 1.54) is 3.57 Å². The summed E-state index contributed by atoms with van der Waals surface area (Å²) in [5.74, 6) is 6.51. The largest absolute Gasteiger partial charge is 0.271 e. The van der Waals surface area contributed by atoms with Crippen molar-refractivity contribution >= 4 is 22.6 Å². The Morgan fingerprint density at radius 1 is 1.41 bits per heavy atom. The van der Waals surface area contributed by atoms with E-state index in [4.69, 9.17) is 5.84 Å². The fourth-order valence-corrected chi connectivity index (χ4v) is 2.02. The molecule has 90 valence electrons. The minimum atomic E-state index is 0.0508. The van der Waals surface area contributed by atoms with Gasteiger partial charge in [0.15, 0.2) is 0 Å². The van der Waals surface area contributed by atoms with Gasteiger partial charge in [-0.2, -0.15) is 5.10 Å². The van der Waals surface area contributed by atoms with Crippen molar-refractivity contribution in [2.75, 3.05) is 0 Å². The molecule has 0 fully saturated rings. The Kier molecular flexibility index (Phi) is 4.08. The monoisotopic (exact) mass is 343 g/mol. The van der Waals surface area contributed by atoms with Crippen LogP contribution in [-0.4, -0.2) is 14.8 Å². The Labute approximate surface area is 114 Å². The summed E-state index contributed by atoms with van der Waals surface area (Å²) < 4.78 is 2.97. The molecule has 2 rings (SSSR count). The number of hydrogen-bond donors (Lipinski definition) is 2. The zero-order valence-electron chi connectivity index (χ0n) is 9.47. The van der Waals surface area contributed by atoms with E-state index in [0.717, 1.165) is 11.4 Å². The summed E-state index contributed by atoms with van der Waals surface area (Å²) in [6.45, 7) is 0. The van der Waals surface area contributed by atoms with Crippen molar-refractivity contribution in [3.63, 3.8) is 0 Å². The normalized spacial score (nSPS) is 12.6. The van der Waals surface area contributed by atoms with Crippen molar-refractivity contribution in [3.05, 3.63) is 45.6 Å². The van der Waals surface area contributed by atoms with Gasteiger partial charge in [0, 0.05) is 17.0 Å². The zero-order chi connectivity index (χ0) is 12.3. The average Bonchev–Trinajstić information content (AvgIpc) is 2.73. The van der Waals surface area contributed by atoms with Gasteiger partial charge in [0.2, 0.25) is 0 Å². The second-order valence-electron chi connectivity index (χ2n) is 3.77. The zero-order valence-corrected chi connectivity index (χ0v) is 11.6. The first-order valence-corrected chi connectivity index (χ1v) is 6.33. The number of nitrogens with zero attached hydrogens (tertiary/aromatic N) is 3. The molecule has 5 nitrogen and oxygen atoms in total. The van der Waals surface area contributed by atoms with Gasteiger partial charge in [-0.15, -0.1) is 0 Å². The summed E-state index contributed by atoms with van der Waals surface area (Å²) in [5.41, 5.74) is 3.97. The molecule has 0 saturated carbocycles. The number of nitrogens with one attached hydrogen (secondary N) is 1. The van der Waals surface area contributed by atoms with Gasteiger partial charge in [-0.1, -0.05) is 12.1 Å². The number of hydrogen-bond acceptors (Lipinski definition) is 4. The Morgan fingerprint density at radius 3 is 2.65 bits per heavy atom. The Balaban J connectivity index is 2.17. The first-order valence-electron chi connectivity index (χ1n) is 5.25. The smallest absolute Gasteiger partial charge is 0.138 e. The van der Waals surface area contributed by atoms with E-state index in [2.05, 4.69) is 62.4 Å². The molecule has 0 bridgehead atoms. The van der Waals surface area contributed by atoms with Gasteiger partial charge in [0.05, 0.1) is 6.04 Å². The van der Waals surface area contributed by atoms with Crippen molar-refractivity contribution < 1.29 is 0 Å². The highest BCUT2D eigenvalue weighted by molar-refractivity contribution is 14.1. The molecule has 1 atom stereocenters. The van der Waals surface area contributed by atoms with Gasteiger partial charge in [-0.3, -0.25) is 16.0 Å². The summed E-state index contributed by atoms with van der Waals surface area (Å²) in [5, 5.41) is 4.05. The van der Waals surface area contributed by atoms with Crippen molar-refractivity contribution in [3.8, 4) is 0 Å². The number of hydrazine groups is 1. The molecule has 3 N–H and O–H groups in total. The number of aromatic nitrogens is 3. The molecular formula is C11H14IN5. The SMILES string of the molecule is Cn1ncnc1CC(NN)c1ccc(I)cc1. The van der Waals surface area contributed by atoms with Gasteiger partial charge in [0.25, 0.3) is 0 Å². The molecule has 0 aliphatic heterocycles. The minimum Gasteiger partial charge on any atom is -0.271 e. The van der Waals surface area contributed by atoms with E-state index >= 15 is 0 Å². The molecule has 0 aliphatic rings. The van der Waals surface area contributed by atoms with Gasteiger partial charge in [-0.05, 0) is 40.3 Å². The summed E-state index contributed by atoms with van der Waals surface area (Å²) >= 11 is 2.28. The van der Waals surface area contributed by atoms with Crippen LogP contribution in [0.5, 0.6) is 0 Å². The topological polar surface area (TPSA) is 68.8 Å². The highest BCUT2D eigenvalue weighted by Crippen LogP contribution is 2.17.